The summed E-state index contributed by atoms with van der Waals surface area (Å²) in [6.07, 6.45) is 0. The predicted molar refractivity (Wildman–Crippen MR) is 70.3 cm³/mol. The molecule has 1 aliphatic heterocycles. The van der Waals surface area contributed by atoms with Gasteiger partial charge in [0, 0.05) is 44.3 Å². The average molecular weight is 257 g/mol. The van der Waals surface area contributed by atoms with Crippen LogP contribution in [-0.2, 0) is 13.6 Å². The second-order valence-electron chi connectivity index (χ2n) is 5.01. The highest BCUT2D eigenvalue weighted by atomic mass is 35.5. The van der Waals surface area contributed by atoms with Gasteiger partial charge in [0.1, 0.15) is 5.15 Å². The van der Waals surface area contributed by atoms with Crippen LogP contribution in [0, 0.1) is 6.92 Å². The second kappa shape index (κ2) is 4.96. The molecule has 0 aliphatic carbocycles. The van der Waals surface area contributed by atoms with Crippen LogP contribution in [0.15, 0.2) is 0 Å². The molecule has 0 radical (unpaired) electrons. The molecule has 2 atom stereocenters. The average Bonchev–Trinajstić information content (AvgIpc) is 2.49. The summed E-state index contributed by atoms with van der Waals surface area (Å²) >= 11 is 6.29. The summed E-state index contributed by atoms with van der Waals surface area (Å²) in [6.45, 7) is 9.51. The van der Waals surface area contributed by atoms with Gasteiger partial charge in [-0.1, -0.05) is 11.6 Å². The maximum atomic E-state index is 6.29. The number of nitrogens with one attached hydrogen (secondary N) is 1. The van der Waals surface area contributed by atoms with Crippen molar-refractivity contribution >= 4 is 11.6 Å². The Kier molecular flexibility index (Phi) is 3.76. The summed E-state index contributed by atoms with van der Waals surface area (Å²) < 4.78 is 1.75. The molecule has 0 bridgehead atoms. The molecule has 2 rings (SSSR count). The van der Waals surface area contributed by atoms with Gasteiger partial charge in [0.15, 0.2) is 0 Å². The van der Waals surface area contributed by atoms with Gasteiger partial charge in [-0.3, -0.25) is 9.58 Å². The molecule has 17 heavy (non-hydrogen) atoms. The molecule has 0 aromatic carbocycles. The molecular weight excluding hydrogens is 236 g/mol. The summed E-state index contributed by atoms with van der Waals surface area (Å²) in [5, 5.41) is 8.57. The SMILES string of the molecule is Cc1nn(C)c(Cl)c1CN1C(C)CNCC1C. The largest absolute Gasteiger partial charge is 0.314 e. The van der Waals surface area contributed by atoms with Crippen molar-refractivity contribution < 1.29 is 0 Å². The number of nitrogens with zero attached hydrogens (tertiary/aromatic N) is 3. The topological polar surface area (TPSA) is 33.1 Å². The molecule has 1 aromatic heterocycles. The first-order valence-corrected chi connectivity index (χ1v) is 6.53. The fourth-order valence-corrected chi connectivity index (χ4v) is 2.75. The lowest BCUT2D eigenvalue weighted by molar-refractivity contribution is 0.108. The van der Waals surface area contributed by atoms with Gasteiger partial charge in [0.2, 0.25) is 0 Å². The molecule has 1 aliphatic rings. The van der Waals surface area contributed by atoms with Crippen LogP contribution < -0.4 is 5.32 Å². The zero-order valence-electron chi connectivity index (χ0n) is 11.0. The molecular formula is C12H21ClN4. The van der Waals surface area contributed by atoms with E-state index < -0.39 is 0 Å². The summed E-state index contributed by atoms with van der Waals surface area (Å²) in [4.78, 5) is 2.49. The van der Waals surface area contributed by atoms with Gasteiger partial charge < -0.3 is 5.32 Å². The van der Waals surface area contributed by atoms with Crippen LogP contribution in [0.4, 0.5) is 0 Å². The zero-order valence-corrected chi connectivity index (χ0v) is 11.8. The molecule has 4 nitrogen and oxygen atoms in total. The third-order valence-electron chi connectivity index (χ3n) is 3.62. The fraction of sp³-hybridized carbons (Fsp3) is 0.750. The minimum absolute atomic E-state index is 0.537. The Hall–Kier alpha value is -0.580. The summed E-state index contributed by atoms with van der Waals surface area (Å²) in [7, 11) is 1.89. The molecule has 1 aromatic rings. The Morgan fingerprint density at radius 1 is 1.35 bits per heavy atom. The highest BCUT2D eigenvalue weighted by Crippen LogP contribution is 2.23. The van der Waals surface area contributed by atoms with Crippen LogP contribution in [0.5, 0.6) is 0 Å². The lowest BCUT2D eigenvalue weighted by Crippen LogP contribution is -2.54. The van der Waals surface area contributed by atoms with Crippen molar-refractivity contribution in [2.75, 3.05) is 13.1 Å². The van der Waals surface area contributed by atoms with E-state index in [0.717, 1.165) is 36.0 Å². The molecule has 5 heteroatoms. The van der Waals surface area contributed by atoms with Gasteiger partial charge in [-0.2, -0.15) is 5.10 Å². The van der Waals surface area contributed by atoms with Crippen LogP contribution in [0.1, 0.15) is 25.1 Å². The summed E-state index contributed by atoms with van der Waals surface area (Å²) in [6, 6.07) is 1.07. The number of hydrogen-bond acceptors (Lipinski definition) is 3. The molecule has 0 saturated carbocycles. The third kappa shape index (κ3) is 2.49. The monoisotopic (exact) mass is 256 g/mol. The molecule has 0 amide bonds. The van der Waals surface area contributed by atoms with Crippen LogP contribution in [0.3, 0.4) is 0 Å². The minimum Gasteiger partial charge on any atom is -0.314 e. The Morgan fingerprint density at radius 3 is 2.41 bits per heavy atom. The van der Waals surface area contributed by atoms with Crippen molar-refractivity contribution in [3.05, 3.63) is 16.4 Å². The van der Waals surface area contributed by atoms with Crippen LogP contribution in [0.25, 0.3) is 0 Å². The van der Waals surface area contributed by atoms with E-state index >= 15 is 0 Å². The summed E-state index contributed by atoms with van der Waals surface area (Å²) in [5.74, 6) is 0. The van der Waals surface area contributed by atoms with E-state index in [1.165, 1.54) is 0 Å². The van der Waals surface area contributed by atoms with E-state index in [-0.39, 0.29) is 0 Å². The second-order valence-corrected chi connectivity index (χ2v) is 5.37. The van der Waals surface area contributed by atoms with Gasteiger partial charge in [0.05, 0.1) is 5.69 Å². The van der Waals surface area contributed by atoms with Crippen molar-refractivity contribution in [1.82, 2.24) is 20.0 Å². The first kappa shape index (κ1) is 12.9. The van der Waals surface area contributed by atoms with Crippen molar-refractivity contribution in [2.24, 2.45) is 7.05 Å². The van der Waals surface area contributed by atoms with Gasteiger partial charge in [0.25, 0.3) is 0 Å². The standard InChI is InChI=1S/C12H21ClN4/c1-8-5-14-6-9(2)17(8)7-11-10(3)15-16(4)12(11)13/h8-9,14H,5-7H2,1-4H3. The highest BCUT2D eigenvalue weighted by Gasteiger charge is 2.26. The Bertz CT molecular complexity index is 391. The summed E-state index contributed by atoms with van der Waals surface area (Å²) in [5.41, 5.74) is 2.20. The van der Waals surface area contributed by atoms with Crippen molar-refractivity contribution in [2.45, 2.75) is 39.4 Å². The first-order chi connectivity index (χ1) is 8.00. The Morgan fingerprint density at radius 2 is 1.94 bits per heavy atom. The molecule has 1 N–H and O–H groups in total. The van der Waals surface area contributed by atoms with E-state index in [0.29, 0.717) is 12.1 Å². The molecule has 96 valence electrons. The van der Waals surface area contributed by atoms with Crippen molar-refractivity contribution in [3.8, 4) is 0 Å². The highest BCUT2D eigenvalue weighted by molar-refractivity contribution is 6.30. The third-order valence-corrected chi connectivity index (χ3v) is 4.10. The van der Waals surface area contributed by atoms with E-state index in [1.807, 2.05) is 14.0 Å². The fourth-order valence-electron chi connectivity index (χ4n) is 2.52. The number of halogens is 1. The van der Waals surface area contributed by atoms with Crippen molar-refractivity contribution in [1.29, 1.82) is 0 Å². The van der Waals surface area contributed by atoms with Gasteiger partial charge in [-0.05, 0) is 20.8 Å². The smallest absolute Gasteiger partial charge is 0.131 e. The maximum absolute atomic E-state index is 6.29. The molecule has 2 unspecified atom stereocenters. The van der Waals surface area contributed by atoms with Crippen LogP contribution in [0.2, 0.25) is 5.15 Å². The molecule has 1 saturated heterocycles. The van der Waals surface area contributed by atoms with E-state index in [4.69, 9.17) is 11.6 Å². The quantitative estimate of drug-likeness (QED) is 0.872. The van der Waals surface area contributed by atoms with E-state index in [2.05, 4.69) is 29.2 Å². The number of aryl methyl sites for hydroxylation is 2. The molecule has 1 fully saturated rings. The zero-order chi connectivity index (χ0) is 12.6. The number of piperazine rings is 1. The number of aromatic nitrogens is 2. The Labute approximate surface area is 108 Å². The van der Waals surface area contributed by atoms with Crippen LogP contribution >= 0.6 is 11.6 Å². The molecule has 2 heterocycles. The normalized spacial score (nSPS) is 26.4. The predicted octanol–water partition coefficient (Wildman–Crippen LogP) is 1.56. The minimum atomic E-state index is 0.537. The Balaban J connectivity index is 2.19. The lowest BCUT2D eigenvalue weighted by Gasteiger charge is -2.39. The van der Waals surface area contributed by atoms with Gasteiger partial charge in [-0.15, -0.1) is 0 Å². The first-order valence-electron chi connectivity index (χ1n) is 6.15. The van der Waals surface area contributed by atoms with E-state index in [9.17, 15) is 0 Å². The van der Waals surface area contributed by atoms with Crippen LogP contribution in [-0.4, -0.2) is 39.9 Å². The van der Waals surface area contributed by atoms with Gasteiger partial charge >= 0.3 is 0 Å². The van der Waals surface area contributed by atoms with E-state index in [1.54, 1.807) is 4.68 Å². The number of rotatable bonds is 2. The number of hydrogen-bond donors (Lipinski definition) is 1. The molecule has 0 spiro atoms. The van der Waals surface area contributed by atoms with Crippen molar-refractivity contribution in [3.63, 3.8) is 0 Å². The van der Waals surface area contributed by atoms with Gasteiger partial charge in [-0.25, -0.2) is 0 Å². The lowest BCUT2D eigenvalue weighted by atomic mass is 10.1. The maximum Gasteiger partial charge on any atom is 0.131 e.